The summed E-state index contributed by atoms with van der Waals surface area (Å²) >= 11 is 0. The minimum Gasteiger partial charge on any atom is -0.480 e. The Hall–Kier alpha value is -2.81. The van der Waals surface area contributed by atoms with Crippen LogP contribution in [0, 0.1) is 0 Å². The van der Waals surface area contributed by atoms with Crippen LogP contribution in [0.3, 0.4) is 0 Å². The molecule has 0 fully saturated rings. The fraction of sp³-hybridized carbons (Fsp3) is 0.688. The average molecular weight is 435 g/mol. The number of nitrogens with two attached hydrogens (primary N) is 2. The maximum absolute atomic E-state index is 12.4. The minimum absolute atomic E-state index is 0.317. The zero-order valence-corrected chi connectivity index (χ0v) is 16.6. The molecule has 0 radical (unpaired) electrons. The van der Waals surface area contributed by atoms with Crippen LogP contribution in [0.2, 0.25) is 0 Å². The number of aliphatic hydroxyl groups is 3. The van der Waals surface area contributed by atoms with E-state index in [1.165, 1.54) is 0 Å². The Morgan fingerprint density at radius 2 is 1.30 bits per heavy atom. The maximum Gasteiger partial charge on any atom is 0.326 e. The molecule has 30 heavy (non-hydrogen) atoms. The molecule has 0 aromatic heterocycles. The lowest BCUT2D eigenvalue weighted by Crippen LogP contribution is -2.62. The number of aliphatic hydroxyl groups excluding tert-OH is 3. The summed E-state index contributed by atoms with van der Waals surface area (Å²) in [5.74, 6) is -5.36. The number of rotatable bonds is 13. The molecule has 0 aliphatic rings. The van der Waals surface area contributed by atoms with Gasteiger partial charge in [-0.2, -0.15) is 0 Å². The van der Waals surface area contributed by atoms with Crippen LogP contribution in [0.4, 0.5) is 0 Å². The summed E-state index contributed by atoms with van der Waals surface area (Å²) in [6.45, 7) is 1.58. The van der Waals surface area contributed by atoms with Crippen LogP contribution >= 0.6 is 0 Å². The predicted molar refractivity (Wildman–Crippen MR) is 100 cm³/mol. The van der Waals surface area contributed by atoms with Gasteiger partial charge in [0.15, 0.2) is 0 Å². The fourth-order valence-corrected chi connectivity index (χ4v) is 2.20. The molecular weight excluding hydrogens is 406 g/mol. The van der Waals surface area contributed by atoms with Gasteiger partial charge >= 0.3 is 5.97 Å². The second-order valence-electron chi connectivity index (χ2n) is 6.65. The van der Waals surface area contributed by atoms with E-state index in [4.69, 9.17) is 21.7 Å². The van der Waals surface area contributed by atoms with Crippen LogP contribution in [0.25, 0.3) is 0 Å². The van der Waals surface area contributed by atoms with Crippen molar-refractivity contribution in [2.75, 3.05) is 6.61 Å². The Bertz CT molecular complexity index is 641. The van der Waals surface area contributed by atoms with E-state index >= 15 is 0 Å². The number of aliphatic carboxylic acids is 1. The van der Waals surface area contributed by atoms with Crippen molar-refractivity contribution in [1.82, 2.24) is 16.0 Å². The summed E-state index contributed by atoms with van der Waals surface area (Å²) in [6, 6.07) is -6.12. The van der Waals surface area contributed by atoms with Gasteiger partial charge in [-0.25, -0.2) is 4.79 Å². The Kier molecular flexibility index (Phi) is 11.5. The number of nitrogens with one attached hydrogen (secondary N) is 3. The molecule has 14 heteroatoms. The molecule has 0 bridgehead atoms. The summed E-state index contributed by atoms with van der Waals surface area (Å²) < 4.78 is 0. The SMILES string of the molecule is CC(O)C(NC(=O)C(N)CO)C(=O)NC(C(=O)NC(CCC(N)=O)C(=O)O)C(C)O. The smallest absolute Gasteiger partial charge is 0.326 e. The molecule has 4 amide bonds. The first-order valence-corrected chi connectivity index (χ1v) is 8.96. The molecule has 0 aliphatic carbocycles. The van der Waals surface area contributed by atoms with Crippen LogP contribution in [-0.4, -0.2) is 93.0 Å². The third kappa shape index (κ3) is 9.13. The summed E-state index contributed by atoms with van der Waals surface area (Å²) in [7, 11) is 0. The molecule has 6 atom stereocenters. The van der Waals surface area contributed by atoms with Gasteiger partial charge in [0.2, 0.25) is 23.6 Å². The normalized spacial score (nSPS) is 16.9. The van der Waals surface area contributed by atoms with Crippen molar-refractivity contribution < 1.29 is 44.4 Å². The van der Waals surface area contributed by atoms with Crippen molar-refractivity contribution in [3.05, 3.63) is 0 Å². The van der Waals surface area contributed by atoms with Crippen LogP contribution in [0.5, 0.6) is 0 Å². The number of carboxylic acid groups (broad SMARTS) is 1. The zero-order valence-electron chi connectivity index (χ0n) is 16.6. The van der Waals surface area contributed by atoms with E-state index in [2.05, 4.69) is 16.0 Å². The maximum atomic E-state index is 12.4. The molecule has 11 N–H and O–H groups in total. The molecule has 0 aromatic rings. The Morgan fingerprint density at radius 1 is 0.867 bits per heavy atom. The van der Waals surface area contributed by atoms with E-state index < -0.39 is 72.6 Å². The van der Waals surface area contributed by atoms with Crippen molar-refractivity contribution in [2.45, 2.75) is 63.1 Å². The molecule has 0 aliphatic heterocycles. The second kappa shape index (κ2) is 12.7. The third-order valence-electron chi connectivity index (χ3n) is 3.95. The highest BCUT2D eigenvalue weighted by atomic mass is 16.4. The molecule has 172 valence electrons. The Morgan fingerprint density at radius 3 is 1.67 bits per heavy atom. The topological polar surface area (TPSA) is 254 Å². The van der Waals surface area contributed by atoms with Gasteiger partial charge < -0.3 is 47.8 Å². The monoisotopic (exact) mass is 435 g/mol. The number of carbonyl (C=O) groups excluding carboxylic acids is 4. The second-order valence-corrected chi connectivity index (χ2v) is 6.65. The summed E-state index contributed by atoms with van der Waals surface area (Å²) in [4.78, 5) is 58.7. The Labute approximate surface area is 172 Å². The number of carbonyl (C=O) groups is 5. The highest BCUT2D eigenvalue weighted by Crippen LogP contribution is 2.03. The van der Waals surface area contributed by atoms with Gasteiger partial charge in [-0.1, -0.05) is 0 Å². The van der Waals surface area contributed by atoms with Gasteiger partial charge in [0.05, 0.1) is 18.8 Å². The molecule has 14 nitrogen and oxygen atoms in total. The third-order valence-corrected chi connectivity index (χ3v) is 3.95. The van der Waals surface area contributed by atoms with E-state index in [1.54, 1.807) is 0 Å². The number of amides is 4. The van der Waals surface area contributed by atoms with Gasteiger partial charge in [-0.3, -0.25) is 19.2 Å². The first-order chi connectivity index (χ1) is 13.8. The zero-order chi connectivity index (χ0) is 23.6. The molecule has 6 unspecified atom stereocenters. The van der Waals surface area contributed by atoms with Gasteiger partial charge in [-0.15, -0.1) is 0 Å². The lowest BCUT2D eigenvalue weighted by Gasteiger charge is -2.27. The lowest BCUT2D eigenvalue weighted by molar-refractivity contribution is -0.143. The number of hydrogen-bond acceptors (Lipinski definition) is 9. The van der Waals surface area contributed by atoms with Crippen molar-refractivity contribution in [3.63, 3.8) is 0 Å². The van der Waals surface area contributed by atoms with Crippen LogP contribution in [0.15, 0.2) is 0 Å². The molecule has 0 saturated heterocycles. The molecule has 0 aromatic carbocycles. The highest BCUT2D eigenvalue weighted by molar-refractivity contribution is 5.94. The standard InChI is InChI=1S/C16H29N5O9/c1-6(23)11(14(27)19-9(16(29)30)3-4-10(18)25)21-15(28)12(7(2)24)20-13(26)8(17)5-22/h6-9,11-12,22-24H,3-5,17H2,1-2H3,(H2,18,25)(H,19,27)(H,20,26)(H,21,28)(H,29,30). The van der Waals surface area contributed by atoms with Crippen LogP contribution in [-0.2, 0) is 24.0 Å². The average Bonchev–Trinajstić information content (AvgIpc) is 2.64. The van der Waals surface area contributed by atoms with E-state index in [9.17, 15) is 34.2 Å². The summed E-state index contributed by atoms with van der Waals surface area (Å²) in [5, 5.41) is 43.9. The van der Waals surface area contributed by atoms with Gasteiger partial charge in [0.25, 0.3) is 0 Å². The van der Waals surface area contributed by atoms with E-state index in [0.717, 1.165) is 13.8 Å². The minimum atomic E-state index is -1.66. The molecule has 0 rings (SSSR count). The van der Waals surface area contributed by atoms with Crippen molar-refractivity contribution in [3.8, 4) is 0 Å². The summed E-state index contributed by atoms with van der Waals surface area (Å²) in [6.07, 6.45) is -3.59. The quantitative estimate of drug-likeness (QED) is 0.133. The molecule has 0 saturated carbocycles. The number of primary amides is 1. The number of carboxylic acids is 1. The van der Waals surface area contributed by atoms with E-state index in [0.29, 0.717) is 0 Å². The largest absolute Gasteiger partial charge is 0.480 e. The van der Waals surface area contributed by atoms with Crippen molar-refractivity contribution in [1.29, 1.82) is 0 Å². The number of hydrogen-bond donors (Lipinski definition) is 9. The van der Waals surface area contributed by atoms with Crippen molar-refractivity contribution in [2.24, 2.45) is 11.5 Å². The van der Waals surface area contributed by atoms with Crippen LogP contribution < -0.4 is 27.4 Å². The van der Waals surface area contributed by atoms with Gasteiger partial charge in [0.1, 0.15) is 24.2 Å². The van der Waals surface area contributed by atoms with E-state index in [1.807, 2.05) is 0 Å². The Balaban J connectivity index is 5.32. The fourth-order valence-electron chi connectivity index (χ4n) is 2.20. The lowest BCUT2D eigenvalue weighted by atomic mass is 10.1. The molecular formula is C16H29N5O9. The molecule has 0 spiro atoms. The predicted octanol–water partition coefficient (Wildman–Crippen LogP) is -5.13. The first kappa shape index (κ1) is 27.2. The van der Waals surface area contributed by atoms with E-state index in [-0.39, 0.29) is 12.8 Å². The molecule has 0 heterocycles. The van der Waals surface area contributed by atoms with Crippen molar-refractivity contribution >= 4 is 29.6 Å². The first-order valence-electron chi connectivity index (χ1n) is 8.96. The van der Waals surface area contributed by atoms with Gasteiger partial charge in [-0.05, 0) is 20.3 Å². The van der Waals surface area contributed by atoms with Gasteiger partial charge in [0, 0.05) is 6.42 Å². The highest BCUT2D eigenvalue weighted by Gasteiger charge is 2.34. The van der Waals surface area contributed by atoms with Crippen LogP contribution in [0.1, 0.15) is 26.7 Å². The summed E-state index contributed by atoms with van der Waals surface area (Å²) in [5.41, 5.74) is 10.3.